The summed E-state index contributed by atoms with van der Waals surface area (Å²) in [5.74, 6) is -0.591. The maximum atomic E-state index is 12.0. The van der Waals surface area contributed by atoms with E-state index in [1.54, 1.807) is 0 Å². The van der Waals surface area contributed by atoms with Crippen LogP contribution in [-0.2, 0) is 4.79 Å². The monoisotopic (exact) mass is 298 g/mol. The first-order valence-electron chi connectivity index (χ1n) is 7.31. The van der Waals surface area contributed by atoms with Crippen molar-refractivity contribution in [1.29, 1.82) is 0 Å². The fourth-order valence-electron chi connectivity index (χ4n) is 3.29. The largest absolute Gasteiger partial charge is 0.481 e. The second kappa shape index (κ2) is 6.27. The summed E-state index contributed by atoms with van der Waals surface area (Å²) in [6, 6.07) is 20.3. The summed E-state index contributed by atoms with van der Waals surface area (Å²) >= 11 is 0. The van der Waals surface area contributed by atoms with E-state index in [2.05, 4.69) is 30.8 Å². The van der Waals surface area contributed by atoms with Crippen LogP contribution >= 0.6 is 0 Å². The topological polar surface area (TPSA) is 37.3 Å². The van der Waals surface area contributed by atoms with Gasteiger partial charge in [-0.05, 0) is 5.92 Å². The molecule has 2 aromatic carbocycles. The predicted molar refractivity (Wildman–Crippen MR) is 90.0 cm³/mol. The van der Waals surface area contributed by atoms with Gasteiger partial charge in [0.05, 0.1) is 5.54 Å². The molecule has 2 rings (SSSR count). The summed E-state index contributed by atoms with van der Waals surface area (Å²) in [6.07, 6.45) is 0. The molecule has 1 N–H and O–H groups in total. The molecule has 1 unspecified atom stereocenters. The highest BCUT2D eigenvalue weighted by molar-refractivity contribution is 7.04. The van der Waals surface area contributed by atoms with Gasteiger partial charge in [0.15, 0.2) is 0 Å². The third kappa shape index (κ3) is 2.93. The van der Waals surface area contributed by atoms with Crippen LogP contribution in [0, 0.1) is 5.92 Å². The van der Waals surface area contributed by atoms with E-state index in [9.17, 15) is 9.90 Å². The first-order valence-corrected chi connectivity index (χ1v) is 9.89. The third-order valence-electron chi connectivity index (χ3n) is 4.30. The van der Waals surface area contributed by atoms with E-state index < -0.39 is 14.0 Å². The maximum Gasteiger partial charge on any atom is 0.304 e. The quantitative estimate of drug-likeness (QED) is 0.862. The molecule has 0 aliphatic carbocycles. The molecule has 0 spiro atoms. The highest BCUT2D eigenvalue weighted by atomic mass is 28.3. The van der Waals surface area contributed by atoms with Crippen LogP contribution in [0.4, 0.5) is 0 Å². The second-order valence-corrected chi connectivity index (χ2v) is 10.2. The van der Waals surface area contributed by atoms with Gasteiger partial charge in [-0.25, -0.2) is 0 Å². The van der Waals surface area contributed by atoms with Crippen LogP contribution in [0.3, 0.4) is 0 Å². The van der Waals surface area contributed by atoms with Crippen LogP contribution in [0.5, 0.6) is 0 Å². The van der Waals surface area contributed by atoms with Crippen molar-refractivity contribution < 1.29 is 9.90 Å². The predicted octanol–water partition coefficient (Wildman–Crippen LogP) is 2.99. The zero-order chi connectivity index (χ0) is 15.5. The molecule has 0 fully saturated rings. The Morgan fingerprint density at radius 2 is 1.29 bits per heavy atom. The molecule has 0 aromatic heterocycles. The van der Waals surface area contributed by atoms with E-state index in [-0.39, 0.29) is 11.5 Å². The average Bonchev–Trinajstić information content (AvgIpc) is 2.48. The molecular weight excluding hydrogens is 276 g/mol. The molecule has 3 heteroatoms. The Labute approximate surface area is 127 Å². The summed E-state index contributed by atoms with van der Waals surface area (Å²) in [5.41, 5.74) is -0.345. The van der Waals surface area contributed by atoms with E-state index in [4.69, 9.17) is 0 Å². The van der Waals surface area contributed by atoms with Gasteiger partial charge in [-0.2, -0.15) is 0 Å². The molecule has 0 radical (unpaired) electrons. The van der Waals surface area contributed by atoms with Gasteiger partial charge in [-0.3, -0.25) is 4.79 Å². The van der Waals surface area contributed by atoms with Crippen molar-refractivity contribution in [2.24, 2.45) is 5.92 Å². The van der Waals surface area contributed by atoms with E-state index >= 15 is 0 Å². The molecule has 0 aliphatic rings. The second-order valence-electron chi connectivity index (χ2n) is 5.99. The van der Waals surface area contributed by atoms with Crippen LogP contribution in [0.1, 0.15) is 13.8 Å². The number of carboxylic acid groups (broad SMARTS) is 1. The zero-order valence-corrected chi connectivity index (χ0v) is 13.8. The molecule has 0 saturated carbocycles. The Bertz CT molecular complexity index is 554. The minimum Gasteiger partial charge on any atom is -0.481 e. The molecule has 2 nitrogen and oxygen atoms in total. The van der Waals surface area contributed by atoms with Crippen molar-refractivity contribution in [2.75, 3.05) is 0 Å². The van der Waals surface area contributed by atoms with Crippen LogP contribution in [0.15, 0.2) is 60.7 Å². The summed E-state index contributed by atoms with van der Waals surface area (Å²) in [6.45, 7) is 6.20. The molecule has 1 atom stereocenters. The van der Waals surface area contributed by atoms with Crippen LogP contribution in [-0.4, -0.2) is 19.1 Å². The van der Waals surface area contributed by atoms with E-state index in [1.165, 1.54) is 10.4 Å². The Morgan fingerprint density at radius 1 is 0.905 bits per heavy atom. The number of carboxylic acids is 1. The third-order valence-corrected chi connectivity index (χ3v) is 9.52. The minimum absolute atomic E-state index is 0.0968. The van der Waals surface area contributed by atoms with Crippen LogP contribution in [0.2, 0.25) is 12.1 Å². The lowest BCUT2D eigenvalue weighted by Crippen LogP contribution is -2.62. The van der Waals surface area contributed by atoms with Crippen molar-refractivity contribution in [3.8, 4) is 0 Å². The standard InChI is InChI=1S/C18H22O2Si/c1-14(2)17(18(19)20)21(3,15-10-6-4-7-11-15)16-12-8-5-9-13-16/h4-14,17H,1-3H3,(H,19,20). The van der Waals surface area contributed by atoms with Gasteiger partial charge >= 0.3 is 5.97 Å². The molecule has 0 amide bonds. The molecule has 2 aromatic rings. The molecule has 0 bridgehead atoms. The number of hydrogen-bond acceptors (Lipinski definition) is 1. The summed E-state index contributed by atoms with van der Waals surface area (Å²) in [4.78, 5) is 12.0. The van der Waals surface area contributed by atoms with Gasteiger partial charge in [0.25, 0.3) is 0 Å². The molecule has 110 valence electrons. The van der Waals surface area contributed by atoms with Crippen LogP contribution < -0.4 is 10.4 Å². The van der Waals surface area contributed by atoms with Crippen LogP contribution in [0.25, 0.3) is 0 Å². The number of aliphatic carboxylic acids is 1. The highest BCUT2D eigenvalue weighted by Gasteiger charge is 2.45. The molecule has 0 aliphatic heterocycles. The van der Waals surface area contributed by atoms with Gasteiger partial charge < -0.3 is 5.11 Å². The van der Waals surface area contributed by atoms with Crippen molar-refractivity contribution in [3.05, 3.63) is 60.7 Å². The van der Waals surface area contributed by atoms with Crippen molar-refractivity contribution in [2.45, 2.75) is 25.9 Å². The van der Waals surface area contributed by atoms with Crippen molar-refractivity contribution >= 4 is 24.4 Å². The summed E-state index contributed by atoms with van der Waals surface area (Å²) < 4.78 is 0. The highest BCUT2D eigenvalue weighted by Crippen LogP contribution is 2.30. The number of hydrogen-bond donors (Lipinski definition) is 1. The Balaban J connectivity index is 2.68. The lowest BCUT2D eigenvalue weighted by atomic mass is 10.1. The number of benzene rings is 2. The summed E-state index contributed by atoms with van der Waals surface area (Å²) in [5, 5.41) is 12.2. The fraction of sp³-hybridized carbons (Fsp3) is 0.278. The SMILES string of the molecule is CC(C)C(C(=O)O)[Si](C)(c1ccccc1)c1ccccc1. The summed E-state index contributed by atoms with van der Waals surface area (Å²) in [7, 11) is -2.36. The van der Waals surface area contributed by atoms with Gasteiger partial charge in [0.2, 0.25) is 0 Å². The Kier molecular flexibility index (Phi) is 4.63. The normalized spacial score (nSPS) is 13.1. The number of carbonyl (C=O) groups is 1. The number of rotatable bonds is 5. The fourth-order valence-corrected chi connectivity index (χ4v) is 7.94. The van der Waals surface area contributed by atoms with Crippen molar-refractivity contribution in [3.63, 3.8) is 0 Å². The lowest BCUT2D eigenvalue weighted by molar-refractivity contribution is -0.137. The first kappa shape index (κ1) is 15.5. The van der Waals surface area contributed by atoms with Gasteiger partial charge in [0.1, 0.15) is 8.07 Å². The Morgan fingerprint density at radius 3 is 1.57 bits per heavy atom. The van der Waals surface area contributed by atoms with Crippen molar-refractivity contribution in [1.82, 2.24) is 0 Å². The van der Waals surface area contributed by atoms with Gasteiger partial charge in [-0.1, -0.05) is 91.4 Å². The van der Waals surface area contributed by atoms with E-state index in [1.807, 2.05) is 50.2 Å². The lowest BCUT2D eigenvalue weighted by Gasteiger charge is -2.36. The smallest absolute Gasteiger partial charge is 0.304 e. The van der Waals surface area contributed by atoms with E-state index in [0.29, 0.717) is 0 Å². The molecule has 0 saturated heterocycles. The molecule has 0 heterocycles. The molecule has 21 heavy (non-hydrogen) atoms. The zero-order valence-electron chi connectivity index (χ0n) is 12.8. The van der Waals surface area contributed by atoms with Gasteiger partial charge in [-0.15, -0.1) is 0 Å². The molecular formula is C18H22O2Si. The Hall–Kier alpha value is -1.87. The minimum atomic E-state index is -2.36. The first-order chi connectivity index (χ1) is 9.98. The van der Waals surface area contributed by atoms with Gasteiger partial charge in [0, 0.05) is 0 Å². The average molecular weight is 298 g/mol. The maximum absolute atomic E-state index is 12.0. The van der Waals surface area contributed by atoms with E-state index in [0.717, 1.165) is 0 Å².